The highest BCUT2D eigenvalue weighted by Gasteiger charge is 2.35. The van der Waals surface area contributed by atoms with Crippen LogP contribution in [0.2, 0.25) is 5.02 Å². The topological polar surface area (TPSA) is 77.1 Å². The highest BCUT2D eigenvalue weighted by Crippen LogP contribution is 2.32. The van der Waals surface area contributed by atoms with E-state index < -0.39 is 17.8 Å². The Morgan fingerprint density at radius 2 is 1.78 bits per heavy atom. The average molecular weight is 511 g/mol. The van der Waals surface area contributed by atoms with Crippen molar-refractivity contribution in [1.29, 1.82) is 0 Å². The van der Waals surface area contributed by atoms with Gasteiger partial charge < -0.3 is 5.32 Å². The van der Waals surface area contributed by atoms with Gasteiger partial charge in [0.15, 0.2) is 22.9 Å². The lowest BCUT2D eigenvalue weighted by molar-refractivity contribution is -0.142. The van der Waals surface area contributed by atoms with E-state index in [0.717, 1.165) is 17.2 Å². The van der Waals surface area contributed by atoms with Crippen molar-refractivity contribution in [3.05, 3.63) is 100 Å². The van der Waals surface area contributed by atoms with Gasteiger partial charge in [0.2, 0.25) is 0 Å². The average Bonchev–Trinajstić information content (AvgIpc) is 3.46. The molecule has 0 fully saturated rings. The van der Waals surface area contributed by atoms with Gasteiger partial charge in [0.1, 0.15) is 0 Å². The quantitative estimate of drug-likeness (QED) is 0.320. The minimum absolute atomic E-state index is 0.0771. The lowest BCUT2D eigenvalue weighted by Gasteiger charge is -2.11. The van der Waals surface area contributed by atoms with E-state index in [4.69, 9.17) is 11.6 Å². The molecule has 0 aliphatic rings. The highest BCUT2D eigenvalue weighted by molar-refractivity contribution is 6.30. The number of halogens is 4. The fourth-order valence-corrected chi connectivity index (χ4v) is 3.84. The zero-order valence-electron chi connectivity index (χ0n) is 18.8. The Labute approximate surface area is 208 Å². The molecule has 3 heterocycles. The van der Waals surface area contributed by atoms with Crippen LogP contribution in [0.1, 0.15) is 27.3 Å². The van der Waals surface area contributed by atoms with E-state index in [2.05, 4.69) is 20.5 Å². The first-order chi connectivity index (χ1) is 17.2. The van der Waals surface area contributed by atoms with E-state index in [-0.39, 0.29) is 22.9 Å². The first-order valence-corrected chi connectivity index (χ1v) is 11.2. The van der Waals surface area contributed by atoms with Crippen LogP contribution in [0.25, 0.3) is 16.9 Å². The molecule has 36 heavy (non-hydrogen) atoms. The second-order valence-electron chi connectivity index (χ2n) is 8.11. The van der Waals surface area contributed by atoms with Crippen molar-refractivity contribution in [2.45, 2.75) is 19.6 Å². The molecule has 0 saturated carbocycles. The molecule has 3 aromatic heterocycles. The molecule has 0 aliphatic heterocycles. The molecule has 0 unspecified atom stereocenters. The van der Waals surface area contributed by atoms with Crippen LogP contribution in [0.5, 0.6) is 0 Å². The lowest BCUT2D eigenvalue weighted by Crippen LogP contribution is -2.16. The summed E-state index contributed by atoms with van der Waals surface area (Å²) in [4.78, 5) is 17.1. The Morgan fingerprint density at radius 3 is 2.50 bits per heavy atom. The highest BCUT2D eigenvalue weighted by atomic mass is 35.5. The Hall–Kier alpha value is -4.18. The minimum atomic E-state index is -4.73. The fraction of sp³-hybridized carbons (Fsp3) is 0.120. The summed E-state index contributed by atoms with van der Waals surface area (Å²) in [6, 6.07) is 17.8. The molecule has 1 N–H and O–H groups in total. The van der Waals surface area contributed by atoms with E-state index in [1.807, 2.05) is 31.2 Å². The number of hydrogen-bond donors (Lipinski definition) is 1. The molecule has 0 aliphatic carbocycles. The maximum atomic E-state index is 13.8. The third-order valence-electron chi connectivity index (χ3n) is 5.57. The number of aryl methyl sites for hydroxylation is 1. The Balaban J connectivity index is 1.43. The Kier molecular flexibility index (Phi) is 5.97. The first kappa shape index (κ1) is 23.6. The van der Waals surface area contributed by atoms with E-state index in [0.29, 0.717) is 21.6 Å². The monoisotopic (exact) mass is 510 g/mol. The summed E-state index contributed by atoms with van der Waals surface area (Å²) in [6.45, 7) is 2.50. The summed E-state index contributed by atoms with van der Waals surface area (Å²) in [5.74, 6) is -0.459. The van der Waals surface area contributed by atoms with Crippen molar-refractivity contribution in [2.75, 3.05) is 5.32 Å². The van der Waals surface area contributed by atoms with Crippen molar-refractivity contribution < 1.29 is 18.0 Å². The van der Waals surface area contributed by atoms with E-state index >= 15 is 0 Å². The van der Waals surface area contributed by atoms with E-state index in [1.54, 1.807) is 41.2 Å². The molecule has 5 rings (SSSR count). The standard InChI is InChI=1S/C25H18ClF3N6O/c1-15-4-2-3-5-17(15)14-34-11-10-22(33-34)31-24(36)20-13-23-30-19(16-6-8-18(26)9-7-16)12-21(25(27,28)29)35(23)32-20/h2-13H,14H2,1H3,(H,31,33,36). The lowest BCUT2D eigenvalue weighted by atomic mass is 10.1. The fourth-order valence-electron chi connectivity index (χ4n) is 3.71. The molecule has 0 atom stereocenters. The SMILES string of the molecule is Cc1ccccc1Cn1ccc(NC(=O)c2cc3nc(-c4ccc(Cl)cc4)cc(C(F)(F)F)n3n2)n1. The first-order valence-electron chi connectivity index (χ1n) is 10.8. The molecule has 0 radical (unpaired) electrons. The third-order valence-corrected chi connectivity index (χ3v) is 5.82. The van der Waals surface area contributed by atoms with Crippen molar-refractivity contribution >= 4 is 29.0 Å². The Bertz CT molecular complexity index is 1570. The third kappa shape index (κ3) is 4.80. The van der Waals surface area contributed by atoms with Crippen LogP contribution >= 0.6 is 11.6 Å². The number of fused-ring (bicyclic) bond motifs is 1. The van der Waals surface area contributed by atoms with Gasteiger partial charge in [0.05, 0.1) is 12.2 Å². The summed E-state index contributed by atoms with van der Waals surface area (Å²) in [5, 5.41) is 11.2. The number of amides is 1. The maximum absolute atomic E-state index is 13.8. The van der Waals surface area contributed by atoms with Crippen LogP contribution in [-0.2, 0) is 12.7 Å². The number of carbonyl (C=O) groups is 1. The van der Waals surface area contributed by atoms with E-state index in [9.17, 15) is 18.0 Å². The number of carbonyl (C=O) groups excluding carboxylic acids is 1. The van der Waals surface area contributed by atoms with Gasteiger partial charge in [-0.2, -0.15) is 23.4 Å². The number of anilines is 1. The van der Waals surface area contributed by atoms with Crippen LogP contribution in [0.4, 0.5) is 19.0 Å². The predicted octanol–water partition coefficient (Wildman–Crippen LogP) is 5.87. The van der Waals surface area contributed by atoms with Crippen molar-refractivity contribution in [1.82, 2.24) is 24.4 Å². The molecule has 11 heteroatoms. The number of aromatic nitrogens is 5. The molecule has 0 bridgehead atoms. The van der Waals surface area contributed by atoms with Gasteiger partial charge in [0.25, 0.3) is 5.91 Å². The second kappa shape index (κ2) is 9.12. The summed E-state index contributed by atoms with van der Waals surface area (Å²) in [7, 11) is 0. The number of nitrogens with one attached hydrogen (secondary N) is 1. The van der Waals surface area contributed by atoms with Gasteiger partial charge in [0, 0.05) is 28.9 Å². The maximum Gasteiger partial charge on any atom is 0.433 e. The zero-order valence-corrected chi connectivity index (χ0v) is 19.5. The van der Waals surface area contributed by atoms with Gasteiger partial charge in [-0.3, -0.25) is 9.48 Å². The van der Waals surface area contributed by atoms with Gasteiger partial charge in [-0.05, 0) is 36.2 Å². The van der Waals surface area contributed by atoms with Crippen LogP contribution in [0, 0.1) is 6.92 Å². The summed E-state index contributed by atoms with van der Waals surface area (Å²) in [5.41, 5.74) is 1.29. The van der Waals surface area contributed by atoms with Gasteiger partial charge >= 0.3 is 6.18 Å². The molecule has 5 aromatic rings. The Morgan fingerprint density at radius 1 is 1.03 bits per heavy atom. The number of hydrogen-bond acceptors (Lipinski definition) is 4. The van der Waals surface area contributed by atoms with Crippen LogP contribution in [0.15, 0.2) is 72.9 Å². The number of benzene rings is 2. The van der Waals surface area contributed by atoms with Gasteiger partial charge in [-0.15, -0.1) is 0 Å². The number of rotatable bonds is 5. The predicted molar refractivity (Wildman–Crippen MR) is 129 cm³/mol. The van der Waals surface area contributed by atoms with Crippen LogP contribution in [0.3, 0.4) is 0 Å². The molecule has 7 nitrogen and oxygen atoms in total. The number of nitrogens with zero attached hydrogens (tertiary/aromatic N) is 5. The largest absolute Gasteiger partial charge is 0.433 e. The van der Waals surface area contributed by atoms with Crippen molar-refractivity contribution in [3.63, 3.8) is 0 Å². The van der Waals surface area contributed by atoms with Crippen molar-refractivity contribution in [2.24, 2.45) is 0 Å². The van der Waals surface area contributed by atoms with E-state index in [1.165, 1.54) is 6.07 Å². The van der Waals surface area contributed by atoms with Gasteiger partial charge in [-0.1, -0.05) is 48.0 Å². The van der Waals surface area contributed by atoms with Crippen LogP contribution in [-0.4, -0.2) is 30.3 Å². The summed E-state index contributed by atoms with van der Waals surface area (Å²) in [6.07, 6.45) is -3.02. The second-order valence-corrected chi connectivity index (χ2v) is 8.55. The summed E-state index contributed by atoms with van der Waals surface area (Å²) < 4.78 is 43.7. The smallest absolute Gasteiger partial charge is 0.304 e. The molecular weight excluding hydrogens is 493 g/mol. The molecule has 182 valence electrons. The molecule has 0 saturated heterocycles. The molecular formula is C25H18ClF3N6O. The zero-order chi connectivity index (χ0) is 25.4. The molecule has 1 amide bonds. The molecule has 2 aromatic carbocycles. The van der Waals surface area contributed by atoms with Gasteiger partial charge in [-0.25, -0.2) is 9.50 Å². The molecule has 0 spiro atoms. The van der Waals surface area contributed by atoms with Crippen LogP contribution < -0.4 is 5.32 Å². The number of alkyl halides is 3. The normalized spacial score (nSPS) is 11.7. The van der Waals surface area contributed by atoms with Crippen molar-refractivity contribution in [3.8, 4) is 11.3 Å². The summed E-state index contributed by atoms with van der Waals surface area (Å²) >= 11 is 5.89. The minimum Gasteiger partial charge on any atom is -0.304 e.